The van der Waals surface area contributed by atoms with Crippen molar-refractivity contribution in [1.29, 1.82) is 0 Å². The third-order valence-electron chi connectivity index (χ3n) is 4.66. The van der Waals surface area contributed by atoms with Crippen LogP contribution in [0.2, 0.25) is 0 Å². The second kappa shape index (κ2) is 7.66. The Hall–Kier alpha value is -2.22. The van der Waals surface area contributed by atoms with Crippen molar-refractivity contribution in [2.75, 3.05) is 5.32 Å². The lowest BCUT2D eigenvalue weighted by molar-refractivity contribution is -0.123. The van der Waals surface area contributed by atoms with E-state index in [1.54, 1.807) is 0 Å². The fraction of sp³-hybridized carbons (Fsp3) is 0.600. The minimum Gasteiger partial charge on any atom is -0.339 e. The lowest BCUT2D eigenvalue weighted by atomic mass is 9.96. The highest BCUT2D eigenvalue weighted by atomic mass is 32.1. The first-order chi connectivity index (χ1) is 13.1. The maximum Gasteiger partial charge on any atom is 0.262 e. The molecule has 0 saturated heterocycles. The fourth-order valence-corrected chi connectivity index (χ4v) is 3.64. The number of hydrogen-bond donors (Lipinski definition) is 2. The van der Waals surface area contributed by atoms with E-state index in [1.807, 2.05) is 47.6 Å². The minimum atomic E-state index is -0.500. The predicted molar refractivity (Wildman–Crippen MR) is 108 cm³/mol. The van der Waals surface area contributed by atoms with Crippen LogP contribution in [0.5, 0.6) is 0 Å². The molecule has 2 heterocycles. The average Bonchev–Trinajstić information content (AvgIpc) is 3.21. The van der Waals surface area contributed by atoms with Gasteiger partial charge in [0.1, 0.15) is 6.04 Å². The van der Waals surface area contributed by atoms with Gasteiger partial charge in [-0.05, 0) is 37.3 Å². The maximum absolute atomic E-state index is 12.9. The molecule has 2 aromatic heterocycles. The molecule has 1 saturated carbocycles. The zero-order valence-corrected chi connectivity index (χ0v) is 18.1. The molecule has 28 heavy (non-hydrogen) atoms. The molecule has 1 atom stereocenters. The van der Waals surface area contributed by atoms with Crippen LogP contribution in [0, 0.1) is 18.3 Å². The Bertz CT molecular complexity index is 874. The molecule has 2 aromatic rings. The third-order valence-corrected chi connectivity index (χ3v) is 5.81. The van der Waals surface area contributed by atoms with Crippen LogP contribution in [0.3, 0.4) is 0 Å². The van der Waals surface area contributed by atoms with Crippen LogP contribution in [0.4, 0.5) is 5.00 Å². The largest absolute Gasteiger partial charge is 0.339 e. The third kappa shape index (κ3) is 4.60. The molecule has 0 radical (unpaired) electrons. The van der Waals surface area contributed by atoms with E-state index in [-0.39, 0.29) is 23.8 Å². The molecular formula is C20H28N4O3S. The fourth-order valence-electron chi connectivity index (χ4n) is 2.67. The van der Waals surface area contributed by atoms with Crippen LogP contribution in [0.1, 0.15) is 86.4 Å². The Labute approximate surface area is 169 Å². The average molecular weight is 405 g/mol. The summed E-state index contributed by atoms with van der Waals surface area (Å²) in [5, 5.41) is 10.6. The van der Waals surface area contributed by atoms with Gasteiger partial charge in [0, 0.05) is 11.3 Å². The molecule has 7 nitrogen and oxygen atoms in total. The Balaban J connectivity index is 1.74. The summed E-state index contributed by atoms with van der Waals surface area (Å²) in [6, 6.07) is 1.47. The van der Waals surface area contributed by atoms with Gasteiger partial charge < -0.3 is 15.2 Å². The first-order valence-electron chi connectivity index (χ1n) is 9.62. The predicted octanol–water partition coefficient (Wildman–Crippen LogP) is 4.43. The molecule has 8 heteroatoms. The smallest absolute Gasteiger partial charge is 0.262 e. The molecule has 2 N–H and O–H groups in total. The van der Waals surface area contributed by atoms with Crippen molar-refractivity contribution in [2.24, 2.45) is 11.3 Å². The van der Waals surface area contributed by atoms with Crippen molar-refractivity contribution >= 4 is 28.2 Å². The van der Waals surface area contributed by atoms with Crippen LogP contribution >= 0.6 is 11.3 Å². The van der Waals surface area contributed by atoms with Crippen LogP contribution in [0.15, 0.2) is 10.6 Å². The topological polar surface area (TPSA) is 97.1 Å². The first-order valence-corrected chi connectivity index (χ1v) is 10.4. The van der Waals surface area contributed by atoms with Gasteiger partial charge >= 0.3 is 0 Å². The highest BCUT2D eigenvalue weighted by Gasteiger charge is 2.32. The molecule has 1 aliphatic carbocycles. The molecule has 0 bridgehead atoms. The van der Waals surface area contributed by atoms with Crippen molar-refractivity contribution < 1.29 is 14.1 Å². The second-order valence-corrected chi connectivity index (χ2v) is 9.84. The summed E-state index contributed by atoms with van der Waals surface area (Å²) in [6.07, 6.45) is 2.18. The molecular weight excluding hydrogens is 376 g/mol. The number of aromatic nitrogens is 2. The molecule has 0 spiro atoms. The molecule has 0 aromatic carbocycles. The molecule has 2 amide bonds. The summed E-state index contributed by atoms with van der Waals surface area (Å²) in [5.74, 6) is 1.38. The van der Waals surface area contributed by atoms with E-state index in [0.29, 0.717) is 21.7 Å². The molecule has 152 valence electrons. The van der Waals surface area contributed by atoms with Gasteiger partial charge in [-0.1, -0.05) is 39.8 Å². The van der Waals surface area contributed by atoms with Gasteiger partial charge in [0.05, 0.1) is 9.88 Å². The minimum absolute atomic E-state index is 0.0840. The van der Waals surface area contributed by atoms with E-state index in [2.05, 4.69) is 20.8 Å². The summed E-state index contributed by atoms with van der Waals surface area (Å²) in [5.41, 5.74) is 0.318. The normalized spacial score (nSPS) is 15.5. The number of hydrogen-bond acceptors (Lipinski definition) is 6. The highest BCUT2D eigenvalue weighted by Crippen LogP contribution is 2.39. The molecule has 1 fully saturated rings. The van der Waals surface area contributed by atoms with Crippen molar-refractivity contribution in [3.8, 4) is 0 Å². The Morgan fingerprint density at radius 3 is 2.54 bits per heavy atom. The van der Waals surface area contributed by atoms with E-state index in [1.165, 1.54) is 11.3 Å². The van der Waals surface area contributed by atoms with Crippen LogP contribution in [-0.2, 0) is 4.79 Å². The van der Waals surface area contributed by atoms with Gasteiger partial charge in [0.25, 0.3) is 5.91 Å². The number of anilines is 1. The first kappa shape index (κ1) is 20.5. The van der Waals surface area contributed by atoms with Gasteiger partial charge in [-0.3, -0.25) is 9.59 Å². The number of rotatable bonds is 6. The Kier molecular flexibility index (Phi) is 5.61. The number of amides is 2. The van der Waals surface area contributed by atoms with Crippen molar-refractivity contribution in [3.05, 3.63) is 28.2 Å². The van der Waals surface area contributed by atoms with Crippen molar-refractivity contribution in [1.82, 2.24) is 15.5 Å². The second-order valence-electron chi connectivity index (χ2n) is 8.79. The summed E-state index contributed by atoms with van der Waals surface area (Å²) in [6.45, 7) is 11.4. The lowest BCUT2D eigenvalue weighted by Gasteiger charge is -2.18. The summed E-state index contributed by atoms with van der Waals surface area (Å²) < 4.78 is 5.42. The van der Waals surface area contributed by atoms with Crippen molar-refractivity contribution in [3.63, 3.8) is 0 Å². The van der Waals surface area contributed by atoms with E-state index in [4.69, 9.17) is 4.52 Å². The Morgan fingerprint density at radius 1 is 1.29 bits per heavy atom. The quantitative estimate of drug-likeness (QED) is 0.742. The number of nitrogens with one attached hydrogen (secondary N) is 2. The van der Waals surface area contributed by atoms with Gasteiger partial charge in [-0.15, -0.1) is 11.3 Å². The number of nitrogens with zero attached hydrogens (tertiary/aromatic N) is 2. The number of carbonyl (C=O) groups is 2. The van der Waals surface area contributed by atoms with Crippen molar-refractivity contribution in [2.45, 2.75) is 66.3 Å². The zero-order valence-electron chi connectivity index (χ0n) is 17.3. The summed E-state index contributed by atoms with van der Waals surface area (Å²) in [4.78, 5) is 30.2. The maximum atomic E-state index is 12.9. The van der Waals surface area contributed by atoms with Gasteiger partial charge in [-0.2, -0.15) is 4.98 Å². The number of carbonyl (C=O) groups excluding carboxylic acids is 2. The highest BCUT2D eigenvalue weighted by molar-refractivity contribution is 7.18. The van der Waals surface area contributed by atoms with Gasteiger partial charge in [0.15, 0.2) is 5.82 Å². The number of aryl methyl sites for hydroxylation is 1. The molecule has 3 rings (SSSR count). The monoisotopic (exact) mass is 404 g/mol. The molecule has 1 aliphatic rings. The van der Waals surface area contributed by atoms with Crippen LogP contribution in [-0.4, -0.2) is 22.0 Å². The van der Waals surface area contributed by atoms with E-state index in [0.717, 1.165) is 24.2 Å². The van der Waals surface area contributed by atoms with Gasteiger partial charge in [0.2, 0.25) is 11.8 Å². The van der Waals surface area contributed by atoms with E-state index in [9.17, 15) is 9.59 Å². The van der Waals surface area contributed by atoms with E-state index < -0.39 is 5.41 Å². The standard InChI is InChI=1S/C20H28N4O3S/c1-10(2)14(18-23-16(24-27-18)12-7-8-12)22-17(25)15-11(3)9-13(28-15)21-19(26)20(4,5)6/h9-10,12,14H,7-8H2,1-6H3,(H,21,26)(H,22,25). The number of thiophene rings is 1. The SMILES string of the molecule is Cc1cc(NC(=O)C(C)(C)C)sc1C(=O)NC(c1nc(C2CC2)no1)C(C)C. The summed E-state index contributed by atoms with van der Waals surface area (Å²) >= 11 is 1.27. The Morgan fingerprint density at radius 2 is 1.96 bits per heavy atom. The molecule has 1 unspecified atom stereocenters. The van der Waals surface area contributed by atoms with Crippen LogP contribution < -0.4 is 10.6 Å². The summed E-state index contributed by atoms with van der Waals surface area (Å²) in [7, 11) is 0. The lowest BCUT2D eigenvalue weighted by Crippen LogP contribution is -2.32. The van der Waals surface area contributed by atoms with E-state index >= 15 is 0 Å². The zero-order chi connectivity index (χ0) is 20.6. The van der Waals surface area contributed by atoms with Crippen LogP contribution in [0.25, 0.3) is 0 Å². The van der Waals surface area contributed by atoms with Gasteiger partial charge in [-0.25, -0.2) is 0 Å². The molecule has 0 aliphatic heterocycles.